The number of carbonyl (C=O) groups is 1. The molecule has 1 saturated heterocycles. The number of aromatic nitrogens is 1. The van der Waals surface area contributed by atoms with Crippen molar-refractivity contribution in [2.75, 3.05) is 19.6 Å². The van der Waals surface area contributed by atoms with E-state index in [0.29, 0.717) is 13.1 Å². The predicted octanol–water partition coefficient (Wildman–Crippen LogP) is 1.01. The highest BCUT2D eigenvalue weighted by atomic mass is 32.1. The van der Waals surface area contributed by atoms with E-state index >= 15 is 0 Å². The minimum absolute atomic E-state index is 0.146. The Kier molecular flexibility index (Phi) is 3.02. The van der Waals surface area contributed by atoms with Gasteiger partial charge >= 0.3 is 5.97 Å². The third kappa shape index (κ3) is 2.35. The maximum Gasteiger partial charge on any atom is 0.309 e. The molecular weight excluding hydrogens is 212 g/mol. The number of nitrogens with zero attached hydrogens (tertiary/aromatic N) is 2. The summed E-state index contributed by atoms with van der Waals surface area (Å²) in [5.74, 6) is -0.812. The summed E-state index contributed by atoms with van der Waals surface area (Å²) in [6.45, 7) is 4.37. The number of hydrogen-bond donors (Lipinski definition) is 1. The second-order valence-electron chi connectivity index (χ2n) is 3.91. The normalized spacial score (nSPS) is 17.7. The first kappa shape index (κ1) is 10.6. The molecule has 1 aliphatic heterocycles. The highest BCUT2D eigenvalue weighted by Gasteiger charge is 2.31. The van der Waals surface area contributed by atoms with E-state index in [9.17, 15) is 4.79 Å². The smallest absolute Gasteiger partial charge is 0.309 e. The summed E-state index contributed by atoms with van der Waals surface area (Å²) in [4.78, 5) is 18.3. The topological polar surface area (TPSA) is 53.4 Å². The molecule has 0 aliphatic carbocycles. The first-order valence-electron chi connectivity index (χ1n) is 5.01. The zero-order chi connectivity index (χ0) is 10.8. The van der Waals surface area contributed by atoms with Crippen molar-refractivity contribution in [3.05, 3.63) is 16.1 Å². The standard InChI is InChI=1S/C10H14N2O2S/c1-7-9(15-6-11-7)2-3-12-4-8(5-12)10(13)14/h6,8H,2-5H2,1H3,(H,13,14). The van der Waals surface area contributed by atoms with Crippen LogP contribution in [-0.2, 0) is 11.2 Å². The molecule has 5 heteroatoms. The van der Waals surface area contributed by atoms with Crippen molar-refractivity contribution in [2.24, 2.45) is 5.92 Å². The fourth-order valence-electron chi connectivity index (χ4n) is 1.73. The molecule has 2 rings (SSSR count). The molecule has 1 fully saturated rings. The van der Waals surface area contributed by atoms with Crippen LogP contribution < -0.4 is 0 Å². The first-order chi connectivity index (χ1) is 7.16. The summed E-state index contributed by atoms with van der Waals surface area (Å²) in [5.41, 5.74) is 2.97. The van der Waals surface area contributed by atoms with E-state index in [0.717, 1.165) is 18.7 Å². The van der Waals surface area contributed by atoms with Crippen molar-refractivity contribution in [3.8, 4) is 0 Å². The summed E-state index contributed by atoms with van der Waals surface area (Å²) in [5, 5.41) is 8.71. The van der Waals surface area contributed by atoms with Crippen LogP contribution in [0.3, 0.4) is 0 Å². The minimum atomic E-state index is -0.666. The van der Waals surface area contributed by atoms with E-state index < -0.39 is 5.97 Å². The van der Waals surface area contributed by atoms with Crippen LogP contribution in [0.25, 0.3) is 0 Å². The summed E-state index contributed by atoms with van der Waals surface area (Å²) >= 11 is 1.68. The van der Waals surface area contributed by atoms with Gasteiger partial charge in [-0.25, -0.2) is 4.98 Å². The van der Waals surface area contributed by atoms with Crippen LogP contribution in [0.2, 0.25) is 0 Å². The number of carboxylic acid groups (broad SMARTS) is 1. The van der Waals surface area contributed by atoms with Gasteiger partial charge in [-0.3, -0.25) is 4.79 Å². The van der Waals surface area contributed by atoms with Crippen LogP contribution >= 0.6 is 11.3 Å². The van der Waals surface area contributed by atoms with Crippen LogP contribution in [-0.4, -0.2) is 40.6 Å². The molecule has 82 valence electrons. The van der Waals surface area contributed by atoms with Gasteiger partial charge in [0, 0.05) is 24.5 Å². The molecule has 1 N–H and O–H groups in total. The third-order valence-corrected chi connectivity index (χ3v) is 3.80. The Labute approximate surface area is 92.6 Å². The van der Waals surface area contributed by atoms with Crippen molar-refractivity contribution in [1.82, 2.24) is 9.88 Å². The quantitative estimate of drug-likeness (QED) is 0.832. The molecule has 0 unspecified atom stereocenters. The molecular formula is C10H14N2O2S. The van der Waals surface area contributed by atoms with Gasteiger partial charge in [-0.1, -0.05) is 0 Å². The lowest BCUT2D eigenvalue weighted by Crippen LogP contribution is -2.50. The molecule has 0 saturated carbocycles. The average molecular weight is 226 g/mol. The lowest BCUT2D eigenvalue weighted by Gasteiger charge is -2.36. The Balaban J connectivity index is 1.73. The van der Waals surface area contributed by atoms with Crippen LogP contribution in [0.1, 0.15) is 10.6 Å². The number of rotatable bonds is 4. The Morgan fingerprint density at radius 1 is 1.73 bits per heavy atom. The van der Waals surface area contributed by atoms with E-state index in [1.165, 1.54) is 4.88 Å². The zero-order valence-corrected chi connectivity index (χ0v) is 9.46. The Morgan fingerprint density at radius 2 is 2.47 bits per heavy atom. The molecule has 1 aromatic heterocycles. The average Bonchev–Trinajstić information content (AvgIpc) is 2.48. The van der Waals surface area contributed by atoms with Gasteiger partial charge in [0.15, 0.2) is 0 Å². The molecule has 4 nitrogen and oxygen atoms in total. The second kappa shape index (κ2) is 4.28. The predicted molar refractivity (Wildman–Crippen MR) is 58.1 cm³/mol. The largest absolute Gasteiger partial charge is 0.481 e. The number of thiazole rings is 1. The lowest BCUT2D eigenvalue weighted by molar-refractivity contribution is -0.147. The van der Waals surface area contributed by atoms with Gasteiger partial charge in [-0.15, -0.1) is 11.3 Å². The highest BCUT2D eigenvalue weighted by molar-refractivity contribution is 7.09. The molecule has 1 aromatic rings. The van der Waals surface area contributed by atoms with E-state index in [-0.39, 0.29) is 5.92 Å². The SMILES string of the molecule is Cc1ncsc1CCN1CC(C(=O)O)C1. The van der Waals surface area contributed by atoms with E-state index in [4.69, 9.17) is 5.11 Å². The number of hydrogen-bond acceptors (Lipinski definition) is 4. The van der Waals surface area contributed by atoms with Crippen molar-refractivity contribution in [3.63, 3.8) is 0 Å². The molecule has 0 amide bonds. The molecule has 0 atom stereocenters. The summed E-state index contributed by atoms with van der Waals surface area (Å²) in [6, 6.07) is 0. The fraction of sp³-hybridized carbons (Fsp3) is 0.600. The maximum absolute atomic E-state index is 10.6. The van der Waals surface area contributed by atoms with Gasteiger partial charge in [0.1, 0.15) is 0 Å². The maximum atomic E-state index is 10.6. The van der Waals surface area contributed by atoms with Crippen LogP contribution in [0.5, 0.6) is 0 Å². The Morgan fingerprint density at radius 3 is 3.00 bits per heavy atom. The summed E-state index contributed by atoms with van der Waals surface area (Å²) < 4.78 is 0. The Bertz CT molecular complexity index is 358. The van der Waals surface area contributed by atoms with Crippen molar-refractivity contribution >= 4 is 17.3 Å². The summed E-state index contributed by atoms with van der Waals surface area (Å²) in [7, 11) is 0. The molecule has 0 aromatic carbocycles. The van der Waals surface area contributed by atoms with E-state index in [2.05, 4.69) is 9.88 Å². The van der Waals surface area contributed by atoms with Crippen molar-refractivity contribution in [1.29, 1.82) is 0 Å². The van der Waals surface area contributed by atoms with Crippen molar-refractivity contribution in [2.45, 2.75) is 13.3 Å². The molecule has 2 heterocycles. The number of aryl methyl sites for hydroxylation is 1. The lowest BCUT2D eigenvalue weighted by atomic mass is 10.0. The van der Waals surface area contributed by atoms with Gasteiger partial charge in [-0.05, 0) is 13.3 Å². The Hall–Kier alpha value is -0.940. The molecule has 1 aliphatic rings. The van der Waals surface area contributed by atoms with Gasteiger partial charge in [0.05, 0.1) is 17.1 Å². The monoisotopic (exact) mass is 226 g/mol. The van der Waals surface area contributed by atoms with Gasteiger partial charge in [0.2, 0.25) is 0 Å². The molecule has 15 heavy (non-hydrogen) atoms. The van der Waals surface area contributed by atoms with Crippen LogP contribution in [0, 0.1) is 12.8 Å². The van der Waals surface area contributed by atoms with Gasteiger partial charge in [-0.2, -0.15) is 0 Å². The minimum Gasteiger partial charge on any atom is -0.481 e. The third-order valence-electron chi connectivity index (χ3n) is 2.81. The zero-order valence-electron chi connectivity index (χ0n) is 8.64. The van der Waals surface area contributed by atoms with E-state index in [1.807, 2.05) is 12.4 Å². The number of carboxylic acids is 1. The van der Waals surface area contributed by atoms with Gasteiger partial charge < -0.3 is 10.0 Å². The number of likely N-dealkylation sites (tertiary alicyclic amines) is 1. The fourth-order valence-corrected chi connectivity index (χ4v) is 2.50. The first-order valence-corrected chi connectivity index (χ1v) is 5.89. The number of aliphatic carboxylic acids is 1. The van der Waals surface area contributed by atoms with E-state index in [1.54, 1.807) is 11.3 Å². The molecule has 0 radical (unpaired) electrons. The molecule has 0 bridgehead atoms. The molecule has 0 spiro atoms. The summed E-state index contributed by atoms with van der Waals surface area (Å²) in [6.07, 6.45) is 0.989. The van der Waals surface area contributed by atoms with Crippen LogP contribution in [0.15, 0.2) is 5.51 Å². The van der Waals surface area contributed by atoms with Crippen molar-refractivity contribution < 1.29 is 9.90 Å². The highest BCUT2D eigenvalue weighted by Crippen LogP contribution is 2.18. The second-order valence-corrected chi connectivity index (χ2v) is 4.85. The van der Waals surface area contributed by atoms with Gasteiger partial charge in [0.25, 0.3) is 0 Å². The van der Waals surface area contributed by atoms with Crippen LogP contribution in [0.4, 0.5) is 0 Å².